The van der Waals surface area contributed by atoms with Crippen LogP contribution in [-0.2, 0) is 4.79 Å². The molecule has 1 amide bonds. The van der Waals surface area contributed by atoms with Crippen molar-refractivity contribution in [1.82, 2.24) is 0 Å². The molecule has 0 aromatic heterocycles. The summed E-state index contributed by atoms with van der Waals surface area (Å²) in [6.07, 6.45) is 1.27. The molecule has 1 aliphatic heterocycles. The molecular weight excluding hydrogens is 263 g/mol. The van der Waals surface area contributed by atoms with E-state index < -0.39 is 23.1 Å². The molecule has 0 bridgehead atoms. The Bertz CT molecular complexity index is 561. The molecule has 1 unspecified atom stereocenters. The zero-order valence-electron chi connectivity index (χ0n) is 11.2. The molecule has 0 radical (unpaired) electrons. The second-order valence-corrected chi connectivity index (χ2v) is 5.42. The van der Waals surface area contributed by atoms with Crippen LogP contribution in [0.4, 0.5) is 10.1 Å². The Balaban J connectivity index is 2.37. The number of benzene rings is 1. The summed E-state index contributed by atoms with van der Waals surface area (Å²) < 4.78 is 13.2. The number of nitrogens with two attached hydrogens (primary N) is 1. The molecule has 0 aliphatic carbocycles. The van der Waals surface area contributed by atoms with E-state index in [9.17, 15) is 19.1 Å². The van der Waals surface area contributed by atoms with E-state index in [0.29, 0.717) is 25.1 Å². The van der Waals surface area contributed by atoms with Crippen LogP contribution < -0.4 is 10.6 Å². The maximum absolute atomic E-state index is 13.2. The number of carbonyl (C=O) groups is 2. The summed E-state index contributed by atoms with van der Waals surface area (Å²) in [7, 11) is 0. The average Bonchev–Trinajstić information content (AvgIpc) is 2.38. The highest BCUT2D eigenvalue weighted by Crippen LogP contribution is 2.34. The highest BCUT2D eigenvalue weighted by Gasteiger charge is 2.38. The number of carbonyl (C=O) groups excluding carboxylic acids is 1. The quantitative estimate of drug-likeness (QED) is 0.881. The first-order valence-corrected chi connectivity index (χ1v) is 6.41. The van der Waals surface area contributed by atoms with Gasteiger partial charge in [0.2, 0.25) is 0 Å². The minimum absolute atomic E-state index is 0.0830. The van der Waals surface area contributed by atoms with Crippen LogP contribution in [0.15, 0.2) is 18.2 Å². The number of anilines is 1. The molecule has 1 aliphatic rings. The third kappa shape index (κ3) is 2.59. The van der Waals surface area contributed by atoms with Crippen molar-refractivity contribution in [2.24, 2.45) is 11.1 Å². The summed E-state index contributed by atoms with van der Waals surface area (Å²) in [6, 6.07) is 3.81. The lowest BCUT2D eigenvalue weighted by Crippen LogP contribution is -2.46. The summed E-state index contributed by atoms with van der Waals surface area (Å²) in [5.74, 6) is -2.13. The number of nitrogens with zero attached hydrogens (tertiary/aromatic N) is 1. The van der Waals surface area contributed by atoms with E-state index in [1.165, 1.54) is 12.1 Å². The van der Waals surface area contributed by atoms with Crippen molar-refractivity contribution in [3.05, 3.63) is 29.6 Å². The van der Waals surface area contributed by atoms with Crippen molar-refractivity contribution in [1.29, 1.82) is 0 Å². The number of primary amides is 1. The van der Waals surface area contributed by atoms with Crippen LogP contribution in [0.2, 0.25) is 0 Å². The Hall–Kier alpha value is -2.11. The zero-order chi connectivity index (χ0) is 14.9. The number of rotatable bonds is 3. The van der Waals surface area contributed by atoms with E-state index in [4.69, 9.17) is 5.73 Å². The fourth-order valence-corrected chi connectivity index (χ4v) is 2.60. The molecule has 1 heterocycles. The number of aliphatic carboxylic acids is 1. The van der Waals surface area contributed by atoms with Gasteiger partial charge in [-0.05, 0) is 38.0 Å². The molecule has 1 aromatic carbocycles. The summed E-state index contributed by atoms with van der Waals surface area (Å²) in [4.78, 5) is 24.6. The van der Waals surface area contributed by atoms with Crippen molar-refractivity contribution >= 4 is 17.6 Å². The van der Waals surface area contributed by atoms with Crippen molar-refractivity contribution in [3.63, 3.8) is 0 Å². The van der Waals surface area contributed by atoms with Gasteiger partial charge in [0.25, 0.3) is 5.91 Å². The molecule has 0 spiro atoms. The minimum atomic E-state index is -0.873. The number of carboxylic acid groups (broad SMARTS) is 1. The Labute approximate surface area is 116 Å². The lowest BCUT2D eigenvalue weighted by atomic mass is 9.81. The van der Waals surface area contributed by atoms with Gasteiger partial charge >= 0.3 is 5.97 Å². The lowest BCUT2D eigenvalue weighted by Gasteiger charge is -2.39. The first-order valence-electron chi connectivity index (χ1n) is 6.41. The molecule has 3 N–H and O–H groups in total. The van der Waals surface area contributed by atoms with Gasteiger partial charge in [-0.2, -0.15) is 0 Å². The van der Waals surface area contributed by atoms with Gasteiger partial charge in [-0.15, -0.1) is 0 Å². The van der Waals surface area contributed by atoms with Gasteiger partial charge in [-0.1, -0.05) is 0 Å². The maximum atomic E-state index is 13.2. The SMILES string of the molecule is CC1(C(=O)O)CCCN(c2ccc(F)cc2C(N)=O)C1. The van der Waals surface area contributed by atoms with Gasteiger partial charge in [0.1, 0.15) is 5.82 Å². The van der Waals surface area contributed by atoms with E-state index in [-0.39, 0.29) is 12.1 Å². The summed E-state index contributed by atoms with van der Waals surface area (Å²) in [5.41, 5.74) is 4.97. The predicted octanol–water partition coefficient (Wildman–Crippen LogP) is 1.62. The first-order chi connectivity index (χ1) is 9.33. The van der Waals surface area contributed by atoms with Crippen LogP contribution in [0.3, 0.4) is 0 Å². The van der Waals surface area contributed by atoms with Gasteiger partial charge in [-0.25, -0.2) is 4.39 Å². The van der Waals surface area contributed by atoms with Crippen LogP contribution in [-0.4, -0.2) is 30.1 Å². The van der Waals surface area contributed by atoms with Crippen molar-refractivity contribution in [2.45, 2.75) is 19.8 Å². The van der Waals surface area contributed by atoms with Gasteiger partial charge in [-0.3, -0.25) is 9.59 Å². The molecule has 5 nitrogen and oxygen atoms in total. The van der Waals surface area contributed by atoms with Crippen LogP contribution in [0.1, 0.15) is 30.1 Å². The second kappa shape index (κ2) is 5.11. The first kappa shape index (κ1) is 14.3. The number of carboxylic acids is 1. The number of piperidine rings is 1. The Morgan fingerprint density at radius 3 is 2.75 bits per heavy atom. The predicted molar refractivity (Wildman–Crippen MR) is 72.1 cm³/mol. The van der Waals surface area contributed by atoms with Crippen molar-refractivity contribution in [3.8, 4) is 0 Å². The van der Waals surface area contributed by atoms with Gasteiger partial charge in [0, 0.05) is 18.8 Å². The Morgan fingerprint density at radius 2 is 2.15 bits per heavy atom. The van der Waals surface area contributed by atoms with Gasteiger partial charge in [0.05, 0.1) is 11.0 Å². The average molecular weight is 280 g/mol. The molecule has 1 atom stereocenters. The van der Waals surface area contributed by atoms with E-state index in [2.05, 4.69) is 0 Å². The number of amides is 1. The van der Waals surface area contributed by atoms with Crippen LogP contribution in [0, 0.1) is 11.2 Å². The normalized spacial score (nSPS) is 22.6. The van der Waals surface area contributed by atoms with E-state index in [1.807, 2.05) is 0 Å². The number of halogens is 1. The van der Waals surface area contributed by atoms with E-state index >= 15 is 0 Å². The maximum Gasteiger partial charge on any atom is 0.311 e. The molecule has 2 rings (SSSR count). The highest BCUT2D eigenvalue weighted by molar-refractivity contribution is 5.98. The van der Waals surface area contributed by atoms with Crippen molar-refractivity contribution in [2.75, 3.05) is 18.0 Å². The van der Waals surface area contributed by atoms with Gasteiger partial charge < -0.3 is 15.7 Å². The third-order valence-corrected chi connectivity index (χ3v) is 3.78. The monoisotopic (exact) mass is 280 g/mol. The number of hydrogen-bond acceptors (Lipinski definition) is 3. The largest absolute Gasteiger partial charge is 0.481 e. The number of hydrogen-bond donors (Lipinski definition) is 2. The molecule has 1 aromatic rings. The molecular formula is C14H17FN2O3. The summed E-state index contributed by atoms with van der Waals surface area (Å²) in [5, 5.41) is 9.31. The zero-order valence-corrected chi connectivity index (χ0v) is 11.2. The fraction of sp³-hybridized carbons (Fsp3) is 0.429. The smallest absolute Gasteiger partial charge is 0.311 e. The Kier molecular flexibility index (Phi) is 3.65. The van der Waals surface area contributed by atoms with Crippen LogP contribution in [0.5, 0.6) is 0 Å². The fourth-order valence-electron chi connectivity index (χ4n) is 2.60. The molecule has 1 saturated heterocycles. The summed E-state index contributed by atoms with van der Waals surface area (Å²) in [6.45, 7) is 2.57. The standard InChI is InChI=1S/C14H17FN2O3/c1-14(13(19)20)5-2-6-17(8-14)11-4-3-9(15)7-10(11)12(16)18/h3-4,7H,2,5-6,8H2,1H3,(H2,16,18)(H,19,20). The molecule has 0 saturated carbocycles. The second-order valence-electron chi connectivity index (χ2n) is 5.42. The van der Waals surface area contributed by atoms with Crippen molar-refractivity contribution < 1.29 is 19.1 Å². The molecule has 20 heavy (non-hydrogen) atoms. The minimum Gasteiger partial charge on any atom is -0.481 e. The molecule has 6 heteroatoms. The Morgan fingerprint density at radius 1 is 1.45 bits per heavy atom. The topological polar surface area (TPSA) is 83.6 Å². The van der Waals surface area contributed by atoms with E-state index in [0.717, 1.165) is 6.07 Å². The summed E-state index contributed by atoms with van der Waals surface area (Å²) >= 11 is 0. The van der Waals surface area contributed by atoms with Crippen LogP contribution >= 0.6 is 0 Å². The van der Waals surface area contributed by atoms with E-state index in [1.54, 1.807) is 11.8 Å². The van der Waals surface area contributed by atoms with Crippen LogP contribution in [0.25, 0.3) is 0 Å². The molecule has 1 fully saturated rings. The highest BCUT2D eigenvalue weighted by atomic mass is 19.1. The third-order valence-electron chi connectivity index (χ3n) is 3.78. The van der Waals surface area contributed by atoms with Gasteiger partial charge in [0.15, 0.2) is 0 Å². The lowest BCUT2D eigenvalue weighted by molar-refractivity contribution is -0.148. The molecule has 108 valence electrons.